The second kappa shape index (κ2) is 6.30. The number of halogens is 2. The van der Waals surface area contributed by atoms with Gasteiger partial charge in [-0.3, -0.25) is 4.79 Å². The van der Waals surface area contributed by atoms with Crippen LogP contribution in [-0.4, -0.2) is 16.2 Å². The third kappa shape index (κ3) is 3.63. The van der Waals surface area contributed by atoms with Crippen LogP contribution in [0.1, 0.15) is 10.4 Å². The van der Waals surface area contributed by atoms with Gasteiger partial charge in [0.2, 0.25) is 0 Å². The van der Waals surface area contributed by atoms with Crippen molar-refractivity contribution in [2.75, 3.05) is 5.32 Å². The second-order valence-corrected chi connectivity index (χ2v) is 4.96. The summed E-state index contributed by atoms with van der Waals surface area (Å²) in [5, 5.41) is 31.0. The lowest BCUT2D eigenvalue weighted by molar-refractivity contribution is -0.991. The molecule has 0 saturated carbocycles. The van der Waals surface area contributed by atoms with E-state index in [1.54, 1.807) is 0 Å². The van der Waals surface area contributed by atoms with Crippen molar-refractivity contribution in [3.63, 3.8) is 0 Å². The molecule has 2 aromatic carbocycles. The lowest BCUT2D eigenvalue weighted by Gasteiger charge is -2.13. The van der Waals surface area contributed by atoms with Gasteiger partial charge < -0.3 is 15.6 Å². The summed E-state index contributed by atoms with van der Waals surface area (Å²) in [5.41, 5.74) is 0.218. The van der Waals surface area contributed by atoms with Crippen LogP contribution in [0.4, 0.5) is 11.4 Å². The minimum Gasteiger partial charge on any atom is -0.595 e. The minimum absolute atomic E-state index is 0.00333. The molecule has 0 aromatic heterocycles. The molecule has 6 nitrogen and oxygen atoms in total. The Labute approximate surface area is 129 Å². The summed E-state index contributed by atoms with van der Waals surface area (Å²) in [5.74, 6) is -0.838. The van der Waals surface area contributed by atoms with Crippen molar-refractivity contribution in [3.8, 4) is 5.75 Å². The first-order chi connectivity index (χ1) is 9.88. The van der Waals surface area contributed by atoms with Crippen molar-refractivity contribution in [3.05, 3.63) is 57.2 Å². The van der Waals surface area contributed by atoms with E-state index in [1.807, 2.05) is 0 Å². The summed E-state index contributed by atoms with van der Waals surface area (Å²) in [4.78, 5) is 12.1. The summed E-state index contributed by atoms with van der Waals surface area (Å²) < 4.78 is 0. The predicted molar refractivity (Wildman–Crippen MR) is 78.3 cm³/mol. The molecule has 0 aliphatic rings. The highest BCUT2D eigenvalue weighted by Gasteiger charge is 2.14. The maximum absolute atomic E-state index is 12.1. The molecule has 1 amide bonds. The maximum atomic E-state index is 12.1. The molecule has 4 N–H and O–H groups in total. The van der Waals surface area contributed by atoms with Crippen LogP contribution in [0.5, 0.6) is 5.75 Å². The SMILES string of the molecule is O=C(Nc1ccc([NH+]([O-])O)cc1Cl)c1cc(Cl)ccc1O. The fraction of sp³-hybridized carbons (Fsp3) is 0. The van der Waals surface area contributed by atoms with E-state index in [4.69, 9.17) is 28.4 Å². The average molecular weight is 329 g/mol. The molecule has 0 radical (unpaired) electrons. The highest BCUT2D eigenvalue weighted by Crippen LogP contribution is 2.27. The van der Waals surface area contributed by atoms with Gasteiger partial charge in [0.05, 0.1) is 16.3 Å². The van der Waals surface area contributed by atoms with Gasteiger partial charge in [-0.1, -0.05) is 23.2 Å². The van der Waals surface area contributed by atoms with E-state index in [9.17, 15) is 15.1 Å². The van der Waals surface area contributed by atoms with Gasteiger partial charge in [0.1, 0.15) is 5.75 Å². The number of carbonyl (C=O) groups is 1. The average Bonchev–Trinajstić information content (AvgIpc) is 2.43. The highest BCUT2D eigenvalue weighted by molar-refractivity contribution is 6.34. The topological polar surface area (TPSA) is 97.1 Å². The first kappa shape index (κ1) is 15.6. The van der Waals surface area contributed by atoms with Crippen molar-refractivity contribution < 1.29 is 20.3 Å². The van der Waals surface area contributed by atoms with E-state index in [0.29, 0.717) is 5.02 Å². The van der Waals surface area contributed by atoms with E-state index in [-0.39, 0.29) is 27.7 Å². The molecule has 0 heterocycles. The lowest BCUT2D eigenvalue weighted by atomic mass is 10.2. The molecule has 0 aliphatic heterocycles. The van der Waals surface area contributed by atoms with Crippen LogP contribution in [-0.2, 0) is 0 Å². The van der Waals surface area contributed by atoms with E-state index in [0.717, 1.165) is 0 Å². The summed E-state index contributed by atoms with van der Waals surface area (Å²) in [6, 6.07) is 7.95. The van der Waals surface area contributed by atoms with Crippen molar-refractivity contribution >= 4 is 40.5 Å². The summed E-state index contributed by atoms with van der Waals surface area (Å²) in [7, 11) is 0. The molecule has 1 unspecified atom stereocenters. The second-order valence-electron chi connectivity index (χ2n) is 4.12. The number of benzene rings is 2. The van der Waals surface area contributed by atoms with Crippen LogP contribution in [0.25, 0.3) is 0 Å². The number of hydrogen-bond acceptors (Lipinski definition) is 4. The van der Waals surface area contributed by atoms with Crippen LogP contribution in [0.15, 0.2) is 36.4 Å². The summed E-state index contributed by atoms with van der Waals surface area (Å²) in [6.45, 7) is 0. The van der Waals surface area contributed by atoms with Crippen LogP contribution < -0.4 is 10.5 Å². The van der Waals surface area contributed by atoms with E-state index >= 15 is 0 Å². The number of hydrogen-bond donors (Lipinski definition) is 4. The number of carbonyl (C=O) groups excluding carboxylic acids is 1. The summed E-state index contributed by atoms with van der Waals surface area (Å²) >= 11 is 11.7. The number of aromatic hydroxyl groups is 1. The zero-order chi connectivity index (χ0) is 15.6. The molecular formula is C13H10Cl2N2O4. The third-order valence-corrected chi connectivity index (χ3v) is 3.22. The molecule has 2 rings (SSSR count). The van der Waals surface area contributed by atoms with Crippen LogP contribution in [0, 0.1) is 5.21 Å². The fourth-order valence-electron chi connectivity index (χ4n) is 1.63. The van der Waals surface area contributed by atoms with Gasteiger partial charge in [0, 0.05) is 17.2 Å². The van der Waals surface area contributed by atoms with Crippen LogP contribution >= 0.6 is 23.2 Å². The quantitative estimate of drug-likeness (QED) is 0.650. The monoisotopic (exact) mass is 328 g/mol. The maximum Gasteiger partial charge on any atom is 0.259 e. The zero-order valence-electron chi connectivity index (χ0n) is 10.4. The molecule has 0 bridgehead atoms. The Hall–Kier alpha value is -1.83. The third-order valence-electron chi connectivity index (χ3n) is 2.67. The number of nitrogens with one attached hydrogen (secondary N) is 2. The van der Waals surface area contributed by atoms with Gasteiger partial charge in [-0.2, -0.15) is 5.23 Å². The smallest absolute Gasteiger partial charge is 0.259 e. The molecule has 2 aromatic rings. The van der Waals surface area contributed by atoms with Gasteiger partial charge in [-0.15, -0.1) is 0 Å². The van der Waals surface area contributed by atoms with Gasteiger partial charge in [0.15, 0.2) is 5.69 Å². The Bertz CT molecular complexity index is 692. The van der Waals surface area contributed by atoms with E-state index in [2.05, 4.69) is 5.32 Å². The Morgan fingerprint density at radius 1 is 1.19 bits per heavy atom. The van der Waals surface area contributed by atoms with Crippen molar-refractivity contribution in [2.45, 2.75) is 0 Å². The Balaban J connectivity index is 2.25. The van der Waals surface area contributed by atoms with Crippen LogP contribution in [0.2, 0.25) is 10.0 Å². The predicted octanol–water partition coefficient (Wildman–Crippen LogP) is 2.35. The molecule has 0 fully saturated rings. The number of phenolic OH excluding ortho intramolecular Hbond substituents is 1. The number of quaternary nitrogens is 1. The normalized spacial score (nSPS) is 12.0. The number of amides is 1. The number of rotatable bonds is 3. The van der Waals surface area contributed by atoms with E-state index < -0.39 is 11.1 Å². The molecule has 8 heteroatoms. The van der Waals surface area contributed by atoms with E-state index in [1.165, 1.54) is 36.4 Å². The molecular weight excluding hydrogens is 319 g/mol. The largest absolute Gasteiger partial charge is 0.595 e. The molecule has 0 saturated heterocycles. The summed E-state index contributed by atoms with van der Waals surface area (Å²) in [6.07, 6.45) is 0. The molecule has 21 heavy (non-hydrogen) atoms. The molecule has 0 spiro atoms. The van der Waals surface area contributed by atoms with Gasteiger partial charge in [-0.25, -0.2) is 5.21 Å². The first-order valence-corrected chi connectivity index (χ1v) is 6.47. The standard InChI is InChI=1S/C13H10Cl2N2O4/c14-7-1-4-12(18)9(5-7)13(19)16-11-3-2-8(17(20)21)6-10(11)15/h1-6,17-18,20H,(H,16,19). The molecule has 110 valence electrons. The number of phenols is 1. The van der Waals surface area contributed by atoms with Gasteiger partial charge in [0.25, 0.3) is 5.91 Å². The van der Waals surface area contributed by atoms with Gasteiger partial charge >= 0.3 is 0 Å². The Morgan fingerprint density at radius 3 is 2.52 bits per heavy atom. The first-order valence-electron chi connectivity index (χ1n) is 5.71. The van der Waals surface area contributed by atoms with Gasteiger partial charge in [-0.05, 0) is 24.3 Å². The van der Waals surface area contributed by atoms with Crippen molar-refractivity contribution in [1.29, 1.82) is 0 Å². The fourth-order valence-corrected chi connectivity index (χ4v) is 2.03. The Morgan fingerprint density at radius 2 is 1.90 bits per heavy atom. The van der Waals surface area contributed by atoms with Crippen molar-refractivity contribution in [2.24, 2.45) is 0 Å². The van der Waals surface area contributed by atoms with Crippen LogP contribution in [0.3, 0.4) is 0 Å². The highest BCUT2D eigenvalue weighted by atomic mass is 35.5. The zero-order valence-corrected chi connectivity index (χ0v) is 11.9. The van der Waals surface area contributed by atoms with Crippen molar-refractivity contribution in [1.82, 2.24) is 0 Å². The minimum atomic E-state index is -1.12. The molecule has 1 atom stereocenters. The number of anilines is 1. The lowest BCUT2D eigenvalue weighted by Crippen LogP contribution is -2.99. The Kier molecular flexibility index (Phi) is 4.66. The molecule has 0 aliphatic carbocycles.